The lowest BCUT2D eigenvalue weighted by atomic mass is 10.00. The molecule has 1 rings (SSSR count). The first-order valence-electron chi connectivity index (χ1n) is 6.96. The van der Waals surface area contributed by atoms with Crippen molar-refractivity contribution < 1.29 is 28.5 Å². The van der Waals surface area contributed by atoms with E-state index in [9.17, 15) is 9.59 Å². The molecule has 1 saturated heterocycles. The molecule has 0 N–H and O–H groups in total. The van der Waals surface area contributed by atoms with Crippen LogP contribution >= 0.6 is 0 Å². The molecule has 1 aliphatic rings. The van der Waals surface area contributed by atoms with Crippen LogP contribution in [0.4, 0.5) is 4.79 Å². The molecular formula is C14H25NO6. The summed E-state index contributed by atoms with van der Waals surface area (Å²) in [7, 11) is 2.84. The van der Waals surface area contributed by atoms with Crippen LogP contribution in [-0.4, -0.2) is 62.3 Å². The van der Waals surface area contributed by atoms with E-state index in [4.69, 9.17) is 18.9 Å². The molecule has 7 heteroatoms. The van der Waals surface area contributed by atoms with Gasteiger partial charge in [-0.05, 0) is 27.2 Å². The van der Waals surface area contributed by atoms with E-state index >= 15 is 0 Å². The zero-order valence-corrected chi connectivity index (χ0v) is 13.4. The fraction of sp³-hybridized carbons (Fsp3) is 0.857. The molecule has 0 radical (unpaired) electrons. The number of esters is 1. The second-order valence-electron chi connectivity index (χ2n) is 5.93. The Morgan fingerprint density at radius 3 is 2.43 bits per heavy atom. The number of ether oxygens (including phenoxy) is 4. The highest BCUT2D eigenvalue weighted by Gasteiger charge is 2.39. The molecule has 122 valence electrons. The molecule has 0 spiro atoms. The van der Waals surface area contributed by atoms with E-state index in [1.54, 1.807) is 20.8 Å². The largest absolute Gasteiger partial charge is 0.467 e. The van der Waals surface area contributed by atoms with Gasteiger partial charge in [-0.25, -0.2) is 9.59 Å². The Kier molecular flexibility index (Phi) is 6.42. The fourth-order valence-electron chi connectivity index (χ4n) is 2.15. The van der Waals surface area contributed by atoms with Gasteiger partial charge in [0.2, 0.25) is 0 Å². The average molecular weight is 303 g/mol. The molecule has 21 heavy (non-hydrogen) atoms. The van der Waals surface area contributed by atoms with Gasteiger partial charge in [0.15, 0.2) is 0 Å². The molecule has 1 amide bonds. The normalized spacial score (nSPS) is 22.8. The van der Waals surface area contributed by atoms with Gasteiger partial charge in [0.05, 0.1) is 13.2 Å². The number of nitrogens with zero attached hydrogens (tertiary/aromatic N) is 1. The zero-order chi connectivity index (χ0) is 16.0. The standard InChI is InChI=1S/C14H25NO6/c1-14(2,3)21-13(17)15-7-6-10(20-9-18-4)8-11(15)12(16)19-5/h10-11H,6-9H2,1-5H3/t10-,11-/m0/s1. The minimum Gasteiger partial charge on any atom is -0.467 e. The molecule has 0 aromatic heterocycles. The van der Waals surface area contributed by atoms with Crippen molar-refractivity contribution in [2.75, 3.05) is 27.6 Å². The predicted octanol–water partition coefficient (Wildman–Crippen LogP) is 1.55. The van der Waals surface area contributed by atoms with E-state index in [2.05, 4.69) is 0 Å². The Morgan fingerprint density at radius 1 is 1.24 bits per heavy atom. The Labute approximate surface area is 125 Å². The van der Waals surface area contributed by atoms with Crippen LogP contribution in [0.1, 0.15) is 33.6 Å². The van der Waals surface area contributed by atoms with Crippen LogP contribution in [0, 0.1) is 0 Å². The van der Waals surface area contributed by atoms with Crippen molar-refractivity contribution in [2.24, 2.45) is 0 Å². The molecule has 0 unspecified atom stereocenters. The summed E-state index contributed by atoms with van der Waals surface area (Å²) in [6.45, 7) is 5.89. The number of hydrogen-bond donors (Lipinski definition) is 0. The third-order valence-electron chi connectivity index (χ3n) is 3.08. The van der Waals surface area contributed by atoms with E-state index in [1.165, 1.54) is 19.1 Å². The molecule has 1 fully saturated rings. The van der Waals surface area contributed by atoms with Gasteiger partial charge in [0.25, 0.3) is 0 Å². The van der Waals surface area contributed by atoms with Crippen molar-refractivity contribution >= 4 is 12.1 Å². The summed E-state index contributed by atoms with van der Waals surface area (Å²) in [5, 5.41) is 0. The quantitative estimate of drug-likeness (QED) is 0.579. The van der Waals surface area contributed by atoms with Gasteiger partial charge in [-0.2, -0.15) is 0 Å². The first-order chi connectivity index (χ1) is 9.78. The third-order valence-corrected chi connectivity index (χ3v) is 3.08. The van der Waals surface area contributed by atoms with Gasteiger partial charge in [-0.15, -0.1) is 0 Å². The summed E-state index contributed by atoms with van der Waals surface area (Å²) in [5.74, 6) is -0.466. The molecule has 0 aromatic carbocycles. The fourth-order valence-corrected chi connectivity index (χ4v) is 2.15. The minimum absolute atomic E-state index is 0.146. The van der Waals surface area contributed by atoms with Crippen LogP contribution in [-0.2, 0) is 23.7 Å². The molecule has 1 heterocycles. The molecule has 1 aliphatic heterocycles. The first-order valence-corrected chi connectivity index (χ1v) is 6.96. The number of carbonyl (C=O) groups is 2. The van der Waals surface area contributed by atoms with Gasteiger partial charge < -0.3 is 18.9 Å². The minimum atomic E-state index is -0.694. The zero-order valence-electron chi connectivity index (χ0n) is 13.4. The predicted molar refractivity (Wildman–Crippen MR) is 74.7 cm³/mol. The van der Waals surface area contributed by atoms with Crippen LogP contribution in [0.25, 0.3) is 0 Å². The van der Waals surface area contributed by atoms with E-state index < -0.39 is 23.7 Å². The molecule has 0 saturated carbocycles. The molecular weight excluding hydrogens is 278 g/mol. The highest BCUT2D eigenvalue weighted by molar-refractivity contribution is 5.81. The summed E-state index contributed by atoms with van der Waals surface area (Å²) in [5.41, 5.74) is -0.610. The van der Waals surface area contributed by atoms with Crippen LogP contribution in [0.5, 0.6) is 0 Å². The number of likely N-dealkylation sites (tertiary alicyclic amines) is 1. The number of amides is 1. The average Bonchev–Trinajstić information content (AvgIpc) is 2.42. The van der Waals surface area contributed by atoms with Crippen molar-refractivity contribution in [3.8, 4) is 0 Å². The van der Waals surface area contributed by atoms with Gasteiger partial charge in [0.1, 0.15) is 18.4 Å². The third kappa shape index (κ3) is 5.51. The highest BCUT2D eigenvalue weighted by Crippen LogP contribution is 2.23. The summed E-state index contributed by atoms with van der Waals surface area (Å²) in [6, 6.07) is -0.694. The lowest BCUT2D eigenvalue weighted by Crippen LogP contribution is -2.53. The number of rotatable bonds is 4. The number of carbonyl (C=O) groups excluding carboxylic acids is 2. The van der Waals surface area contributed by atoms with E-state index in [-0.39, 0.29) is 12.9 Å². The lowest BCUT2D eigenvalue weighted by molar-refractivity contribution is -0.153. The van der Waals surface area contributed by atoms with E-state index in [1.807, 2.05) is 0 Å². The first kappa shape index (κ1) is 17.7. The van der Waals surface area contributed by atoms with Gasteiger partial charge in [-0.3, -0.25) is 4.90 Å². The Hall–Kier alpha value is -1.34. The van der Waals surface area contributed by atoms with Crippen LogP contribution in [0.2, 0.25) is 0 Å². The molecule has 0 aromatic rings. The van der Waals surface area contributed by atoms with E-state index in [0.29, 0.717) is 19.4 Å². The molecule has 0 aliphatic carbocycles. The smallest absolute Gasteiger partial charge is 0.411 e. The molecule has 2 atom stereocenters. The van der Waals surface area contributed by atoms with E-state index in [0.717, 1.165) is 0 Å². The topological polar surface area (TPSA) is 74.3 Å². The Balaban J connectivity index is 2.74. The van der Waals surface area contributed by atoms with Crippen molar-refractivity contribution in [1.82, 2.24) is 4.90 Å². The second kappa shape index (κ2) is 7.61. The van der Waals surface area contributed by atoms with Gasteiger partial charge >= 0.3 is 12.1 Å². The van der Waals surface area contributed by atoms with Crippen molar-refractivity contribution in [3.05, 3.63) is 0 Å². The lowest BCUT2D eigenvalue weighted by Gasteiger charge is -2.38. The second-order valence-corrected chi connectivity index (χ2v) is 5.93. The van der Waals surface area contributed by atoms with Crippen LogP contribution < -0.4 is 0 Å². The molecule has 0 bridgehead atoms. The number of piperidine rings is 1. The highest BCUT2D eigenvalue weighted by atomic mass is 16.7. The van der Waals surface area contributed by atoms with Crippen LogP contribution in [0.15, 0.2) is 0 Å². The monoisotopic (exact) mass is 303 g/mol. The maximum Gasteiger partial charge on any atom is 0.411 e. The summed E-state index contributed by atoms with van der Waals surface area (Å²) < 4.78 is 20.5. The van der Waals surface area contributed by atoms with Gasteiger partial charge in [0, 0.05) is 20.1 Å². The SMILES string of the molecule is COCO[C@H]1CCN(C(=O)OC(C)(C)C)[C@H](C(=O)OC)C1. The number of methoxy groups -OCH3 is 2. The summed E-state index contributed by atoms with van der Waals surface area (Å²) >= 11 is 0. The maximum atomic E-state index is 12.2. The van der Waals surface area contributed by atoms with Crippen molar-refractivity contribution in [3.63, 3.8) is 0 Å². The van der Waals surface area contributed by atoms with Crippen LogP contribution in [0.3, 0.4) is 0 Å². The number of hydrogen-bond acceptors (Lipinski definition) is 6. The molecule has 7 nitrogen and oxygen atoms in total. The summed E-state index contributed by atoms with van der Waals surface area (Å²) in [6.07, 6.45) is 0.335. The van der Waals surface area contributed by atoms with Gasteiger partial charge in [-0.1, -0.05) is 0 Å². The van der Waals surface area contributed by atoms with Crippen molar-refractivity contribution in [2.45, 2.75) is 51.4 Å². The summed E-state index contributed by atoms with van der Waals surface area (Å²) in [4.78, 5) is 25.5. The maximum absolute atomic E-state index is 12.2. The Bertz CT molecular complexity index is 365. The Morgan fingerprint density at radius 2 is 1.90 bits per heavy atom. The van der Waals surface area contributed by atoms with Crippen molar-refractivity contribution in [1.29, 1.82) is 0 Å².